The maximum atomic E-state index is 12.9. The van der Waals surface area contributed by atoms with E-state index in [1.54, 1.807) is 9.25 Å². The van der Waals surface area contributed by atoms with Crippen molar-refractivity contribution >= 4 is 5.91 Å². The highest BCUT2D eigenvalue weighted by atomic mass is 16.5. The molecule has 7 nitrogen and oxygen atoms in total. The molecule has 1 saturated heterocycles. The van der Waals surface area contributed by atoms with Crippen LogP contribution in [0.1, 0.15) is 49.6 Å². The Morgan fingerprint density at radius 3 is 2.33 bits per heavy atom. The van der Waals surface area contributed by atoms with Crippen molar-refractivity contribution in [2.24, 2.45) is 0 Å². The highest BCUT2D eigenvalue weighted by molar-refractivity contribution is 5.78. The summed E-state index contributed by atoms with van der Waals surface area (Å²) < 4.78 is 8.82. The van der Waals surface area contributed by atoms with Gasteiger partial charge in [-0.1, -0.05) is 42.5 Å². The molecule has 33 heavy (non-hydrogen) atoms. The number of nitrogens with zero attached hydrogens (tertiary/aromatic N) is 4. The maximum absolute atomic E-state index is 12.9. The first-order valence-electron chi connectivity index (χ1n) is 11.8. The van der Waals surface area contributed by atoms with Gasteiger partial charge in [0.1, 0.15) is 11.6 Å². The summed E-state index contributed by atoms with van der Waals surface area (Å²) in [6.07, 6.45) is 2.02. The van der Waals surface area contributed by atoms with Gasteiger partial charge in [0.2, 0.25) is 5.91 Å². The molecule has 0 spiro atoms. The van der Waals surface area contributed by atoms with Gasteiger partial charge in [0.05, 0.1) is 19.6 Å². The minimum atomic E-state index is -0.0645. The Kier molecular flexibility index (Phi) is 7.27. The maximum Gasteiger partial charge on any atom is 0.346 e. The summed E-state index contributed by atoms with van der Waals surface area (Å²) >= 11 is 0. The predicted molar refractivity (Wildman–Crippen MR) is 128 cm³/mol. The first-order chi connectivity index (χ1) is 16.1. The molecule has 1 aromatic heterocycles. The van der Waals surface area contributed by atoms with Gasteiger partial charge in [0.15, 0.2) is 0 Å². The van der Waals surface area contributed by atoms with E-state index in [1.165, 1.54) is 0 Å². The number of hydrogen-bond acceptors (Lipinski definition) is 4. The molecule has 0 unspecified atom stereocenters. The highest BCUT2D eigenvalue weighted by Crippen LogP contribution is 2.27. The quantitative estimate of drug-likeness (QED) is 0.529. The number of hydrogen-bond donors (Lipinski definition) is 0. The number of likely N-dealkylation sites (tertiary alicyclic amines) is 1. The van der Waals surface area contributed by atoms with Gasteiger partial charge in [-0.15, -0.1) is 0 Å². The zero-order valence-electron chi connectivity index (χ0n) is 19.4. The van der Waals surface area contributed by atoms with Gasteiger partial charge in [-0.05, 0) is 49.9 Å². The smallest absolute Gasteiger partial charge is 0.346 e. The highest BCUT2D eigenvalue weighted by Gasteiger charge is 2.28. The molecule has 0 radical (unpaired) electrons. The van der Waals surface area contributed by atoms with Gasteiger partial charge in [-0.3, -0.25) is 9.36 Å². The summed E-state index contributed by atoms with van der Waals surface area (Å²) in [4.78, 5) is 27.7. The second kappa shape index (κ2) is 10.5. The lowest BCUT2D eigenvalue weighted by Crippen LogP contribution is -2.39. The molecule has 2 heterocycles. The molecule has 0 bridgehead atoms. The number of rotatable bonds is 8. The fraction of sp³-hybridized carbons (Fsp3) is 0.423. The van der Waals surface area contributed by atoms with Crippen molar-refractivity contribution in [1.82, 2.24) is 19.2 Å². The number of benzene rings is 2. The number of carbonyl (C=O) groups excluding carboxylic acids is 1. The number of amides is 1. The Bertz CT molecular complexity index is 1110. The van der Waals surface area contributed by atoms with Crippen LogP contribution in [-0.2, 0) is 24.3 Å². The summed E-state index contributed by atoms with van der Waals surface area (Å²) in [5, 5.41) is 4.71. The van der Waals surface area contributed by atoms with Gasteiger partial charge in [-0.25, -0.2) is 9.48 Å². The van der Waals surface area contributed by atoms with Crippen molar-refractivity contribution in [3.05, 3.63) is 82.0 Å². The second-order valence-electron chi connectivity index (χ2n) is 8.44. The van der Waals surface area contributed by atoms with Crippen molar-refractivity contribution < 1.29 is 9.53 Å². The Morgan fingerprint density at radius 1 is 1.00 bits per heavy atom. The Balaban J connectivity index is 1.38. The van der Waals surface area contributed by atoms with E-state index in [0.717, 1.165) is 35.5 Å². The predicted octanol–water partition coefficient (Wildman–Crippen LogP) is 3.46. The van der Waals surface area contributed by atoms with Crippen LogP contribution in [0.2, 0.25) is 0 Å². The van der Waals surface area contributed by atoms with E-state index < -0.39 is 0 Å². The van der Waals surface area contributed by atoms with E-state index in [1.807, 2.05) is 73.3 Å². The van der Waals surface area contributed by atoms with Crippen molar-refractivity contribution in [3.63, 3.8) is 0 Å². The SMILES string of the molecule is CCOc1ccc(CC(=O)N2CCC(c3nn(Cc4ccccc4)c(=O)n3CC)CC2)cc1. The molecular formula is C26H32N4O3. The van der Waals surface area contributed by atoms with E-state index in [0.29, 0.717) is 39.2 Å². The van der Waals surface area contributed by atoms with Crippen LogP contribution in [0, 0.1) is 0 Å². The van der Waals surface area contributed by atoms with Crippen LogP contribution in [0.3, 0.4) is 0 Å². The third-order valence-corrected chi connectivity index (χ3v) is 6.25. The largest absolute Gasteiger partial charge is 0.494 e. The molecule has 4 rings (SSSR count). The van der Waals surface area contributed by atoms with Crippen molar-refractivity contribution in [3.8, 4) is 5.75 Å². The van der Waals surface area contributed by atoms with Crippen LogP contribution in [0.25, 0.3) is 0 Å². The lowest BCUT2D eigenvalue weighted by Gasteiger charge is -2.31. The molecule has 1 aliphatic rings. The molecule has 174 valence electrons. The molecule has 7 heteroatoms. The summed E-state index contributed by atoms with van der Waals surface area (Å²) in [5.41, 5.74) is 1.98. The minimum absolute atomic E-state index is 0.0645. The van der Waals surface area contributed by atoms with Gasteiger partial charge in [0.25, 0.3) is 0 Å². The standard InChI is InChI=1S/C26H32N4O3/c1-3-29-25(27-30(26(29)32)19-21-8-6-5-7-9-21)22-14-16-28(17-15-22)24(31)18-20-10-12-23(13-11-20)33-4-2/h5-13,22H,3-4,14-19H2,1-2H3. The molecule has 1 aliphatic heterocycles. The second-order valence-corrected chi connectivity index (χ2v) is 8.44. The number of carbonyl (C=O) groups is 1. The van der Waals surface area contributed by atoms with Crippen LogP contribution < -0.4 is 10.4 Å². The first kappa shape index (κ1) is 22.8. The number of piperidine rings is 1. The minimum Gasteiger partial charge on any atom is -0.494 e. The lowest BCUT2D eigenvalue weighted by atomic mass is 9.95. The van der Waals surface area contributed by atoms with Gasteiger partial charge in [-0.2, -0.15) is 5.10 Å². The average Bonchev–Trinajstić information content (AvgIpc) is 3.16. The molecule has 1 fully saturated rings. The molecule has 0 aliphatic carbocycles. The molecular weight excluding hydrogens is 416 g/mol. The van der Waals surface area contributed by atoms with E-state index in [4.69, 9.17) is 9.84 Å². The average molecular weight is 449 g/mol. The number of ether oxygens (including phenoxy) is 1. The van der Waals surface area contributed by atoms with Gasteiger partial charge in [0, 0.05) is 25.6 Å². The first-order valence-corrected chi connectivity index (χ1v) is 11.8. The summed E-state index contributed by atoms with van der Waals surface area (Å²) in [5.74, 6) is 1.99. The zero-order valence-corrected chi connectivity index (χ0v) is 19.4. The van der Waals surface area contributed by atoms with E-state index >= 15 is 0 Å². The van der Waals surface area contributed by atoms with E-state index in [2.05, 4.69) is 0 Å². The summed E-state index contributed by atoms with van der Waals surface area (Å²) in [6.45, 7) is 7.00. The molecule has 2 aromatic carbocycles. The van der Waals surface area contributed by atoms with Crippen LogP contribution in [0.4, 0.5) is 0 Å². The Morgan fingerprint density at radius 2 is 1.70 bits per heavy atom. The Labute approximate surface area is 194 Å². The molecule has 0 atom stereocenters. The monoisotopic (exact) mass is 448 g/mol. The van der Waals surface area contributed by atoms with E-state index in [9.17, 15) is 9.59 Å². The van der Waals surface area contributed by atoms with Gasteiger partial charge >= 0.3 is 5.69 Å². The fourth-order valence-corrected chi connectivity index (χ4v) is 4.46. The molecule has 0 N–H and O–H groups in total. The van der Waals surface area contributed by atoms with Crippen molar-refractivity contribution in [2.45, 2.75) is 52.1 Å². The van der Waals surface area contributed by atoms with E-state index in [-0.39, 0.29) is 17.5 Å². The van der Waals surface area contributed by atoms with Crippen molar-refractivity contribution in [1.29, 1.82) is 0 Å². The van der Waals surface area contributed by atoms with Crippen LogP contribution in [0.15, 0.2) is 59.4 Å². The fourth-order valence-electron chi connectivity index (χ4n) is 4.46. The lowest BCUT2D eigenvalue weighted by molar-refractivity contribution is -0.131. The van der Waals surface area contributed by atoms with Gasteiger partial charge < -0.3 is 9.64 Å². The number of aromatic nitrogens is 3. The molecule has 1 amide bonds. The topological polar surface area (TPSA) is 69.4 Å². The normalized spacial score (nSPS) is 14.4. The Hall–Kier alpha value is -3.35. The zero-order chi connectivity index (χ0) is 23.2. The van der Waals surface area contributed by atoms with Crippen LogP contribution in [0.5, 0.6) is 5.75 Å². The van der Waals surface area contributed by atoms with Crippen LogP contribution in [-0.4, -0.2) is 44.9 Å². The van der Waals surface area contributed by atoms with Crippen molar-refractivity contribution in [2.75, 3.05) is 19.7 Å². The summed E-state index contributed by atoms with van der Waals surface area (Å²) in [7, 11) is 0. The summed E-state index contributed by atoms with van der Waals surface area (Å²) in [6, 6.07) is 17.6. The van der Waals surface area contributed by atoms with Crippen LogP contribution >= 0.6 is 0 Å². The third-order valence-electron chi connectivity index (χ3n) is 6.25. The molecule has 3 aromatic rings. The third kappa shape index (κ3) is 5.35. The molecule has 0 saturated carbocycles.